The van der Waals surface area contributed by atoms with Crippen molar-refractivity contribution in [3.05, 3.63) is 47.2 Å². The van der Waals surface area contributed by atoms with E-state index < -0.39 is 22.2 Å². The van der Waals surface area contributed by atoms with Gasteiger partial charge in [0, 0.05) is 42.9 Å². The topological polar surface area (TPSA) is 109 Å². The highest BCUT2D eigenvalue weighted by Crippen LogP contribution is 2.40. The maximum absolute atomic E-state index is 14.0. The molecule has 0 saturated carbocycles. The highest BCUT2D eigenvalue weighted by Gasteiger charge is 2.35. The molecule has 2 aliphatic rings. The van der Waals surface area contributed by atoms with Gasteiger partial charge in [-0.05, 0) is 60.9 Å². The molecular weight excluding hydrogens is 462 g/mol. The number of alkyl halides is 2. The number of aliphatic hydroxyl groups excluding tert-OH is 1. The molecule has 0 bridgehead atoms. The van der Waals surface area contributed by atoms with Crippen molar-refractivity contribution in [1.82, 2.24) is 4.98 Å². The predicted molar refractivity (Wildman–Crippen MR) is 128 cm³/mol. The summed E-state index contributed by atoms with van der Waals surface area (Å²) in [6.07, 6.45) is 1.44. The first kappa shape index (κ1) is 24.8. The van der Waals surface area contributed by atoms with Gasteiger partial charge in [0.25, 0.3) is 0 Å². The standard InChI is InChI=1S/C24H32F2N4O3S/c1-23(2)9-4-8-20-19(23)15-18(21(29-20)30-12-5-10-24(25,26)11-13-30)22(31)28-16-6-3-7-17(14-16)34(27,32)33/h3,6-7,14-15,22,28,31H,4-5,8-13H2,1-2H3,(H2,27,32,33). The fourth-order valence-electron chi connectivity index (χ4n) is 4.89. The zero-order valence-corrected chi connectivity index (χ0v) is 20.3. The molecule has 4 rings (SSSR count). The van der Waals surface area contributed by atoms with Gasteiger partial charge in [-0.15, -0.1) is 0 Å². The summed E-state index contributed by atoms with van der Waals surface area (Å²) in [5.74, 6) is -2.22. The van der Waals surface area contributed by atoms with Crippen LogP contribution in [0.2, 0.25) is 0 Å². The molecule has 0 amide bonds. The first-order chi connectivity index (χ1) is 15.9. The van der Waals surface area contributed by atoms with Gasteiger partial charge in [-0.25, -0.2) is 27.3 Å². The predicted octanol–water partition coefficient (Wildman–Crippen LogP) is 4.07. The van der Waals surface area contributed by atoms with E-state index in [4.69, 9.17) is 10.1 Å². The fourth-order valence-corrected chi connectivity index (χ4v) is 5.45. The Bertz CT molecular complexity index is 1170. The number of sulfonamides is 1. The van der Waals surface area contributed by atoms with Crippen LogP contribution < -0.4 is 15.4 Å². The number of benzene rings is 1. The Hall–Kier alpha value is -2.30. The summed E-state index contributed by atoms with van der Waals surface area (Å²) in [7, 11) is -3.91. The van der Waals surface area contributed by atoms with E-state index >= 15 is 0 Å². The number of aryl methyl sites for hydroxylation is 1. The number of rotatable bonds is 5. The number of hydrogen-bond donors (Lipinski definition) is 3. The minimum Gasteiger partial charge on any atom is -0.369 e. The quantitative estimate of drug-likeness (QED) is 0.541. The van der Waals surface area contributed by atoms with Crippen molar-refractivity contribution in [1.29, 1.82) is 0 Å². The van der Waals surface area contributed by atoms with Gasteiger partial charge in [-0.1, -0.05) is 19.9 Å². The monoisotopic (exact) mass is 494 g/mol. The summed E-state index contributed by atoms with van der Waals surface area (Å²) in [6, 6.07) is 7.81. The molecule has 186 valence electrons. The lowest BCUT2D eigenvalue weighted by atomic mass is 9.74. The minimum absolute atomic E-state index is 0.0793. The van der Waals surface area contributed by atoms with Crippen molar-refractivity contribution in [2.45, 2.75) is 74.8 Å². The number of fused-ring (bicyclic) bond motifs is 1. The smallest absolute Gasteiger partial charge is 0.249 e. The van der Waals surface area contributed by atoms with E-state index in [9.17, 15) is 22.3 Å². The van der Waals surface area contributed by atoms with Gasteiger partial charge in [-0.2, -0.15) is 0 Å². The van der Waals surface area contributed by atoms with E-state index in [1.54, 1.807) is 6.07 Å². The van der Waals surface area contributed by atoms with Crippen LogP contribution in [0.3, 0.4) is 0 Å². The summed E-state index contributed by atoms with van der Waals surface area (Å²) < 4.78 is 51.5. The van der Waals surface area contributed by atoms with Crippen LogP contribution in [0.4, 0.5) is 20.3 Å². The number of primary sulfonamides is 1. The summed E-state index contributed by atoms with van der Waals surface area (Å²) in [6.45, 7) is 4.84. The molecular formula is C24H32F2N4O3S. The molecule has 1 fully saturated rings. The number of nitrogens with two attached hydrogens (primary N) is 1. The Labute approximate surface area is 199 Å². The normalized spacial score (nSPS) is 20.8. The third-order valence-corrected chi connectivity index (χ3v) is 7.74. The molecule has 7 nitrogen and oxygen atoms in total. The third-order valence-electron chi connectivity index (χ3n) is 6.83. The highest BCUT2D eigenvalue weighted by atomic mass is 32.2. The molecule has 0 radical (unpaired) electrons. The maximum Gasteiger partial charge on any atom is 0.249 e. The first-order valence-electron chi connectivity index (χ1n) is 11.6. The molecule has 1 aliphatic carbocycles. The van der Waals surface area contributed by atoms with E-state index in [1.807, 2.05) is 11.0 Å². The van der Waals surface area contributed by atoms with Crippen molar-refractivity contribution >= 4 is 21.5 Å². The number of pyridine rings is 1. The zero-order valence-electron chi connectivity index (χ0n) is 19.5. The maximum atomic E-state index is 14.0. The van der Waals surface area contributed by atoms with E-state index in [-0.39, 0.29) is 29.7 Å². The fraction of sp³-hybridized carbons (Fsp3) is 0.542. The number of nitrogens with zero attached hydrogens (tertiary/aromatic N) is 2. The van der Waals surface area contributed by atoms with E-state index in [0.717, 1.165) is 30.5 Å². The third kappa shape index (κ3) is 5.34. The number of aromatic nitrogens is 1. The Morgan fingerprint density at radius 2 is 1.91 bits per heavy atom. The number of aliphatic hydroxyl groups is 1. The molecule has 1 unspecified atom stereocenters. The summed E-state index contributed by atoms with van der Waals surface area (Å²) in [4.78, 5) is 6.66. The largest absolute Gasteiger partial charge is 0.369 e. The lowest BCUT2D eigenvalue weighted by molar-refractivity contribution is -0.0102. The molecule has 1 aromatic carbocycles. The molecule has 0 spiro atoms. The average Bonchev–Trinajstić information content (AvgIpc) is 2.93. The summed E-state index contributed by atoms with van der Waals surface area (Å²) in [5, 5.41) is 19.4. The van der Waals surface area contributed by atoms with Crippen molar-refractivity contribution in [3.8, 4) is 0 Å². The molecule has 10 heteroatoms. The van der Waals surface area contributed by atoms with E-state index in [2.05, 4.69) is 19.2 Å². The van der Waals surface area contributed by atoms with Crippen LogP contribution in [0, 0.1) is 0 Å². The molecule has 1 saturated heterocycles. The minimum atomic E-state index is -3.91. The number of hydrogen-bond acceptors (Lipinski definition) is 6. The van der Waals surface area contributed by atoms with Crippen molar-refractivity contribution in [2.24, 2.45) is 5.14 Å². The summed E-state index contributed by atoms with van der Waals surface area (Å²) >= 11 is 0. The van der Waals surface area contributed by atoms with Crippen molar-refractivity contribution in [3.63, 3.8) is 0 Å². The van der Waals surface area contributed by atoms with Crippen LogP contribution in [0.1, 0.15) is 69.0 Å². The molecule has 2 heterocycles. The molecule has 1 aliphatic heterocycles. The van der Waals surface area contributed by atoms with Crippen LogP contribution in [0.25, 0.3) is 0 Å². The van der Waals surface area contributed by atoms with Crippen LogP contribution in [-0.4, -0.2) is 37.5 Å². The van der Waals surface area contributed by atoms with Crippen LogP contribution in [-0.2, 0) is 21.9 Å². The molecule has 2 aromatic rings. The SMILES string of the molecule is CC1(C)CCCc2nc(N3CCCC(F)(F)CC3)c(C(O)Nc3cccc(S(N)(=O)=O)c3)cc21. The first-order valence-corrected chi connectivity index (χ1v) is 13.1. The summed E-state index contributed by atoms with van der Waals surface area (Å²) in [5.41, 5.74) is 2.70. The molecule has 4 N–H and O–H groups in total. The van der Waals surface area contributed by atoms with E-state index in [0.29, 0.717) is 30.0 Å². The Morgan fingerprint density at radius 1 is 1.15 bits per heavy atom. The van der Waals surface area contributed by atoms with Crippen LogP contribution >= 0.6 is 0 Å². The average molecular weight is 495 g/mol. The highest BCUT2D eigenvalue weighted by molar-refractivity contribution is 7.89. The van der Waals surface area contributed by atoms with Gasteiger partial charge in [0.1, 0.15) is 5.82 Å². The lowest BCUT2D eigenvalue weighted by Gasteiger charge is -2.35. The van der Waals surface area contributed by atoms with Gasteiger partial charge < -0.3 is 15.3 Å². The number of nitrogens with one attached hydrogen (secondary N) is 1. The van der Waals surface area contributed by atoms with E-state index in [1.165, 1.54) is 18.2 Å². The van der Waals surface area contributed by atoms with Crippen LogP contribution in [0.15, 0.2) is 35.2 Å². The Morgan fingerprint density at radius 3 is 2.65 bits per heavy atom. The van der Waals surface area contributed by atoms with Crippen molar-refractivity contribution in [2.75, 3.05) is 23.3 Å². The second-order valence-electron chi connectivity index (χ2n) is 9.95. The second-order valence-corrected chi connectivity index (χ2v) is 11.5. The number of halogens is 2. The van der Waals surface area contributed by atoms with Gasteiger partial charge in [-0.3, -0.25) is 0 Å². The lowest BCUT2D eigenvalue weighted by Crippen LogP contribution is -2.32. The van der Waals surface area contributed by atoms with Gasteiger partial charge in [0.05, 0.1) is 4.90 Å². The molecule has 1 aromatic heterocycles. The Kier molecular flexibility index (Phi) is 6.61. The number of anilines is 2. The molecule has 1 atom stereocenters. The van der Waals surface area contributed by atoms with Crippen LogP contribution in [0.5, 0.6) is 0 Å². The zero-order chi connectivity index (χ0) is 24.7. The van der Waals surface area contributed by atoms with Crippen molar-refractivity contribution < 1.29 is 22.3 Å². The van der Waals surface area contributed by atoms with Gasteiger partial charge in [0.2, 0.25) is 15.9 Å². The van der Waals surface area contributed by atoms with Gasteiger partial charge >= 0.3 is 0 Å². The van der Waals surface area contributed by atoms with Gasteiger partial charge in [0.15, 0.2) is 6.23 Å². The molecule has 34 heavy (non-hydrogen) atoms. The second kappa shape index (κ2) is 9.05. The Balaban J connectivity index is 1.74.